The zero-order chi connectivity index (χ0) is 27.0. The average Bonchev–Trinajstić information content (AvgIpc) is 2.91. The molecule has 0 heterocycles. The van der Waals surface area contributed by atoms with Crippen LogP contribution in [0.25, 0.3) is 10.8 Å². The van der Waals surface area contributed by atoms with Crippen molar-refractivity contribution in [2.24, 2.45) is 5.10 Å². The van der Waals surface area contributed by atoms with Crippen LogP contribution in [0.15, 0.2) is 96.1 Å². The maximum atomic E-state index is 12.4. The van der Waals surface area contributed by atoms with Crippen LogP contribution in [0.4, 0.5) is 5.69 Å². The monoisotopic (exact) mass is 531 g/mol. The molecule has 1 amide bonds. The molecule has 0 saturated heterocycles. The first-order chi connectivity index (χ1) is 18.3. The highest BCUT2D eigenvalue weighted by molar-refractivity contribution is 7.92. The van der Waals surface area contributed by atoms with Crippen LogP contribution in [0.1, 0.15) is 18.1 Å². The third kappa shape index (κ3) is 7.33. The first-order valence-corrected chi connectivity index (χ1v) is 13.9. The Labute approximate surface area is 222 Å². The van der Waals surface area contributed by atoms with Crippen molar-refractivity contribution >= 4 is 38.6 Å². The van der Waals surface area contributed by atoms with E-state index in [4.69, 9.17) is 9.47 Å². The van der Waals surface area contributed by atoms with Crippen molar-refractivity contribution in [2.75, 3.05) is 23.7 Å². The highest BCUT2D eigenvalue weighted by atomic mass is 32.2. The molecule has 0 aromatic heterocycles. The number of rotatable bonds is 11. The Morgan fingerprint density at radius 1 is 0.895 bits per heavy atom. The summed E-state index contributed by atoms with van der Waals surface area (Å²) in [5.74, 6) is 0.748. The fraction of sp³-hybridized carbons (Fsp3) is 0.172. The summed E-state index contributed by atoms with van der Waals surface area (Å²) in [6.07, 6.45) is 2.52. The molecule has 4 aromatic rings. The molecule has 0 aliphatic carbocycles. The van der Waals surface area contributed by atoms with Crippen molar-refractivity contribution in [2.45, 2.75) is 13.5 Å². The number of amides is 1. The van der Waals surface area contributed by atoms with Gasteiger partial charge in [0.05, 0.1) is 24.8 Å². The van der Waals surface area contributed by atoms with Crippen molar-refractivity contribution in [3.05, 3.63) is 102 Å². The first-order valence-electron chi connectivity index (χ1n) is 12.0. The SMILES string of the molecule is CCOc1ccc(N(CC(=O)N/N=C\c2ccc(OCc3ccc4ccccc4c3)cc2)S(C)(=O)=O)cc1. The van der Waals surface area contributed by atoms with Crippen molar-refractivity contribution in [1.82, 2.24) is 5.43 Å². The zero-order valence-corrected chi connectivity index (χ0v) is 22.0. The largest absolute Gasteiger partial charge is 0.494 e. The van der Waals surface area contributed by atoms with E-state index in [9.17, 15) is 13.2 Å². The molecule has 0 unspecified atom stereocenters. The van der Waals surface area contributed by atoms with E-state index in [-0.39, 0.29) is 0 Å². The Kier molecular flexibility index (Phi) is 8.60. The molecule has 8 nitrogen and oxygen atoms in total. The van der Waals surface area contributed by atoms with Gasteiger partial charge in [0.2, 0.25) is 10.0 Å². The van der Waals surface area contributed by atoms with Gasteiger partial charge in [-0.15, -0.1) is 0 Å². The molecule has 0 fully saturated rings. The summed E-state index contributed by atoms with van der Waals surface area (Å²) in [4.78, 5) is 12.4. The van der Waals surface area contributed by atoms with Crippen LogP contribution in [0.2, 0.25) is 0 Å². The molecule has 9 heteroatoms. The lowest BCUT2D eigenvalue weighted by Gasteiger charge is -2.21. The molecule has 4 rings (SSSR count). The summed E-state index contributed by atoms with van der Waals surface area (Å²) < 4.78 is 36.8. The standard InChI is InChI=1S/C29H29N3O5S/c1-3-36-27-16-12-26(13-17-27)32(38(2,34)35)20-29(33)31-30-19-22-9-14-28(15-10-22)37-21-23-8-11-24-6-4-5-7-25(24)18-23/h4-19H,3,20-21H2,1-2H3,(H,31,33)/b30-19-. The third-order valence-electron chi connectivity index (χ3n) is 5.63. The molecule has 0 spiro atoms. The number of sulfonamides is 1. The van der Waals surface area contributed by atoms with Crippen LogP contribution in [0.3, 0.4) is 0 Å². The molecule has 196 valence electrons. The minimum Gasteiger partial charge on any atom is -0.494 e. The van der Waals surface area contributed by atoms with E-state index in [0.29, 0.717) is 30.4 Å². The highest BCUT2D eigenvalue weighted by Crippen LogP contribution is 2.22. The minimum atomic E-state index is -3.69. The number of hydrazone groups is 1. The first kappa shape index (κ1) is 26.7. The van der Waals surface area contributed by atoms with Crippen molar-refractivity contribution in [1.29, 1.82) is 0 Å². The highest BCUT2D eigenvalue weighted by Gasteiger charge is 2.20. The number of nitrogens with zero attached hydrogens (tertiary/aromatic N) is 2. The average molecular weight is 532 g/mol. The van der Waals surface area contributed by atoms with Crippen molar-refractivity contribution < 1.29 is 22.7 Å². The third-order valence-corrected chi connectivity index (χ3v) is 6.77. The Hall–Kier alpha value is -4.37. The van der Waals surface area contributed by atoms with Gasteiger partial charge in [0.25, 0.3) is 5.91 Å². The number of ether oxygens (including phenoxy) is 2. The number of fused-ring (bicyclic) bond motifs is 1. The van der Waals surface area contributed by atoms with E-state index in [2.05, 4.69) is 34.8 Å². The van der Waals surface area contributed by atoms with Gasteiger partial charge >= 0.3 is 0 Å². The van der Waals surface area contributed by atoms with Crippen LogP contribution in [-0.4, -0.2) is 39.9 Å². The molecule has 0 radical (unpaired) electrons. The molecule has 0 bridgehead atoms. The topological polar surface area (TPSA) is 97.3 Å². The molecule has 0 aliphatic rings. The predicted molar refractivity (Wildman–Crippen MR) is 150 cm³/mol. The lowest BCUT2D eigenvalue weighted by atomic mass is 10.1. The van der Waals surface area contributed by atoms with E-state index >= 15 is 0 Å². The molecule has 0 saturated carbocycles. The number of carbonyl (C=O) groups excluding carboxylic acids is 1. The summed E-state index contributed by atoms with van der Waals surface area (Å²) in [7, 11) is -3.69. The van der Waals surface area contributed by atoms with Crippen LogP contribution in [0.5, 0.6) is 11.5 Å². The van der Waals surface area contributed by atoms with Crippen LogP contribution in [-0.2, 0) is 21.4 Å². The number of carbonyl (C=O) groups is 1. The molecule has 4 aromatic carbocycles. The number of nitrogens with one attached hydrogen (secondary N) is 1. The van der Waals surface area contributed by atoms with Gasteiger partial charge in [-0.1, -0.05) is 36.4 Å². The predicted octanol–water partition coefficient (Wildman–Crippen LogP) is 4.73. The summed E-state index contributed by atoms with van der Waals surface area (Å²) in [5.41, 5.74) is 4.56. The van der Waals surface area contributed by atoms with Crippen LogP contribution < -0.4 is 19.2 Å². The number of anilines is 1. The van der Waals surface area contributed by atoms with Crippen molar-refractivity contribution in [3.8, 4) is 11.5 Å². The number of benzene rings is 4. The van der Waals surface area contributed by atoms with Gasteiger partial charge in [-0.3, -0.25) is 9.10 Å². The zero-order valence-electron chi connectivity index (χ0n) is 21.2. The quantitative estimate of drug-likeness (QED) is 0.223. The normalized spacial score (nSPS) is 11.4. The smallest absolute Gasteiger partial charge is 0.260 e. The molecule has 38 heavy (non-hydrogen) atoms. The van der Waals surface area contributed by atoms with E-state index < -0.39 is 22.5 Å². The molecular weight excluding hydrogens is 502 g/mol. The lowest BCUT2D eigenvalue weighted by Crippen LogP contribution is -2.39. The van der Waals surface area contributed by atoms with Gasteiger partial charge in [-0.25, -0.2) is 13.8 Å². The second-order valence-electron chi connectivity index (χ2n) is 8.53. The lowest BCUT2D eigenvalue weighted by molar-refractivity contribution is -0.119. The van der Waals surface area contributed by atoms with Crippen LogP contribution in [0, 0.1) is 0 Å². The van der Waals surface area contributed by atoms with Gasteiger partial charge in [-0.05, 0) is 83.4 Å². The van der Waals surface area contributed by atoms with E-state index in [0.717, 1.165) is 21.7 Å². The molecular formula is C29H29N3O5S. The molecule has 0 aliphatic heterocycles. The maximum absolute atomic E-state index is 12.4. The minimum absolute atomic E-state index is 0.356. The van der Waals surface area contributed by atoms with Gasteiger partial charge in [0, 0.05) is 0 Å². The summed E-state index contributed by atoms with van der Waals surface area (Å²) in [6.45, 7) is 2.39. The van der Waals surface area contributed by atoms with E-state index in [1.807, 2.05) is 49.4 Å². The molecule has 1 N–H and O–H groups in total. The number of hydrogen-bond acceptors (Lipinski definition) is 6. The Morgan fingerprint density at radius 3 is 2.24 bits per heavy atom. The second-order valence-corrected chi connectivity index (χ2v) is 10.4. The Morgan fingerprint density at radius 2 is 1.55 bits per heavy atom. The summed E-state index contributed by atoms with van der Waals surface area (Å²) in [6, 6.07) is 28.2. The Bertz CT molecular complexity index is 1520. The van der Waals surface area contributed by atoms with Gasteiger partial charge < -0.3 is 9.47 Å². The fourth-order valence-electron chi connectivity index (χ4n) is 3.77. The van der Waals surface area contributed by atoms with E-state index in [1.165, 1.54) is 17.0 Å². The second kappa shape index (κ2) is 12.2. The van der Waals surface area contributed by atoms with Crippen LogP contribution >= 0.6 is 0 Å². The van der Waals surface area contributed by atoms with Gasteiger partial charge in [-0.2, -0.15) is 5.10 Å². The van der Waals surface area contributed by atoms with Crippen molar-refractivity contribution in [3.63, 3.8) is 0 Å². The summed E-state index contributed by atoms with van der Waals surface area (Å²) >= 11 is 0. The maximum Gasteiger partial charge on any atom is 0.260 e. The Balaban J connectivity index is 1.30. The summed E-state index contributed by atoms with van der Waals surface area (Å²) in [5, 5.41) is 6.31. The van der Waals surface area contributed by atoms with E-state index in [1.54, 1.807) is 24.3 Å². The number of hydrogen-bond donors (Lipinski definition) is 1. The molecule has 0 atom stereocenters. The fourth-order valence-corrected chi connectivity index (χ4v) is 4.62. The van der Waals surface area contributed by atoms with Gasteiger partial charge in [0.15, 0.2) is 0 Å². The van der Waals surface area contributed by atoms with Gasteiger partial charge in [0.1, 0.15) is 24.7 Å².